The predicted octanol–water partition coefficient (Wildman–Crippen LogP) is 2.45. The third kappa shape index (κ3) is 4.93. The molecule has 0 heterocycles. The molecular formula is C14H22NO5P. The van der Waals surface area contributed by atoms with Crippen LogP contribution in [0.25, 0.3) is 0 Å². The van der Waals surface area contributed by atoms with Gasteiger partial charge < -0.3 is 19.5 Å². The van der Waals surface area contributed by atoms with E-state index in [9.17, 15) is 14.5 Å². The van der Waals surface area contributed by atoms with Gasteiger partial charge in [0.25, 0.3) is 0 Å². The van der Waals surface area contributed by atoms with Crippen molar-refractivity contribution in [3.63, 3.8) is 0 Å². The van der Waals surface area contributed by atoms with Crippen molar-refractivity contribution in [3.8, 4) is 0 Å². The molecule has 1 rings (SSSR count). The lowest BCUT2D eigenvalue weighted by Crippen LogP contribution is -2.39. The zero-order chi connectivity index (χ0) is 15.9. The minimum atomic E-state index is -3.69. The van der Waals surface area contributed by atoms with E-state index in [0.717, 1.165) is 0 Å². The molecule has 0 aliphatic rings. The average molecular weight is 315 g/mol. The van der Waals surface area contributed by atoms with Crippen LogP contribution in [0.2, 0.25) is 0 Å². The maximum atomic E-state index is 12.8. The first-order valence-electron chi connectivity index (χ1n) is 6.83. The molecule has 21 heavy (non-hydrogen) atoms. The fraction of sp³-hybridized carbons (Fsp3) is 0.500. The minimum Gasteiger partial charge on any atom is -0.386 e. The molecule has 118 valence electrons. The SMILES string of the molecule is CCOP(=O)(OCC)[C@@H](NC(C)=O)[C@H](O)c1ccccc1. The molecule has 0 spiro atoms. The zero-order valence-corrected chi connectivity index (χ0v) is 13.4. The van der Waals surface area contributed by atoms with Gasteiger partial charge in [0.2, 0.25) is 5.91 Å². The van der Waals surface area contributed by atoms with Gasteiger partial charge in [0.15, 0.2) is 5.78 Å². The van der Waals surface area contributed by atoms with E-state index in [1.54, 1.807) is 44.2 Å². The standard InChI is InChI=1S/C14H22NO5P/c1-4-19-21(18,20-5-2)14(15-11(3)16)13(17)12-9-7-6-8-10-12/h6-10,13-14,17H,4-5H2,1-3H3,(H,15,16)/t13-,14-/m1/s1. The van der Waals surface area contributed by atoms with Crippen LogP contribution < -0.4 is 5.32 Å². The molecule has 1 aromatic rings. The van der Waals surface area contributed by atoms with Crippen molar-refractivity contribution in [2.75, 3.05) is 13.2 Å². The highest BCUT2D eigenvalue weighted by Crippen LogP contribution is 2.55. The fourth-order valence-electron chi connectivity index (χ4n) is 1.93. The molecule has 6 nitrogen and oxygen atoms in total. The van der Waals surface area contributed by atoms with Gasteiger partial charge in [-0.1, -0.05) is 30.3 Å². The minimum absolute atomic E-state index is 0.148. The normalized spacial score (nSPS) is 14.5. The molecule has 1 amide bonds. The number of rotatable bonds is 8. The lowest BCUT2D eigenvalue weighted by atomic mass is 10.1. The monoisotopic (exact) mass is 315 g/mol. The van der Waals surface area contributed by atoms with Crippen molar-refractivity contribution >= 4 is 13.5 Å². The highest BCUT2D eigenvalue weighted by Gasteiger charge is 2.42. The van der Waals surface area contributed by atoms with Crippen molar-refractivity contribution in [3.05, 3.63) is 35.9 Å². The van der Waals surface area contributed by atoms with Crippen LogP contribution in [0.3, 0.4) is 0 Å². The summed E-state index contributed by atoms with van der Waals surface area (Å²) in [5.41, 5.74) is 0.524. The topological polar surface area (TPSA) is 84.9 Å². The average Bonchev–Trinajstić information content (AvgIpc) is 2.45. The van der Waals surface area contributed by atoms with E-state index in [1.165, 1.54) is 6.92 Å². The number of aliphatic hydroxyl groups is 1. The molecule has 0 aliphatic carbocycles. The first-order chi connectivity index (χ1) is 9.94. The summed E-state index contributed by atoms with van der Waals surface area (Å²) in [4.78, 5) is 11.4. The van der Waals surface area contributed by atoms with E-state index < -0.39 is 25.4 Å². The molecule has 0 radical (unpaired) electrons. The first kappa shape index (κ1) is 17.9. The van der Waals surface area contributed by atoms with Gasteiger partial charge in [-0.25, -0.2) is 0 Å². The Balaban J connectivity index is 3.14. The Kier molecular flexibility index (Phi) is 7.05. The number of carbonyl (C=O) groups is 1. The quantitative estimate of drug-likeness (QED) is 0.720. The van der Waals surface area contributed by atoms with Gasteiger partial charge in [-0.05, 0) is 19.4 Å². The van der Waals surface area contributed by atoms with Gasteiger partial charge in [-0.2, -0.15) is 0 Å². The van der Waals surface area contributed by atoms with Gasteiger partial charge in [0.05, 0.1) is 13.2 Å². The second kappa shape index (κ2) is 8.29. The number of amides is 1. The Morgan fingerprint density at radius 1 is 1.24 bits per heavy atom. The lowest BCUT2D eigenvalue weighted by molar-refractivity contribution is -0.120. The largest absolute Gasteiger partial charge is 0.386 e. The number of nitrogens with one attached hydrogen (secondary N) is 1. The van der Waals surface area contributed by atoms with Gasteiger partial charge in [-0.15, -0.1) is 0 Å². The molecule has 0 saturated heterocycles. The van der Waals surface area contributed by atoms with Crippen LogP contribution in [0.4, 0.5) is 0 Å². The summed E-state index contributed by atoms with van der Waals surface area (Å²) < 4.78 is 23.3. The van der Waals surface area contributed by atoms with Gasteiger partial charge in [0.1, 0.15) is 6.10 Å². The molecule has 0 fully saturated rings. The summed E-state index contributed by atoms with van der Waals surface area (Å²) in [6.45, 7) is 4.92. The summed E-state index contributed by atoms with van der Waals surface area (Å²) in [7, 11) is -3.69. The Hall–Kier alpha value is -1.20. The molecule has 2 atom stereocenters. The first-order valence-corrected chi connectivity index (χ1v) is 8.44. The van der Waals surface area contributed by atoms with E-state index in [0.29, 0.717) is 5.56 Å². The van der Waals surface area contributed by atoms with Crippen LogP contribution in [-0.4, -0.2) is 30.0 Å². The fourth-order valence-corrected chi connectivity index (χ4v) is 3.90. The van der Waals surface area contributed by atoms with Crippen LogP contribution >= 0.6 is 7.60 Å². The van der Waals surface area contributed by atoms with E-state index in [1.807, 2.05) is 0 Å². The Morgan fingerprint density at radius 2 is 1.76 bits per heavy atom. The Labute approximate surface area is 125 Å². The summed E-state index contributed by atoms with van der Waals surface area (Å²) in [5.74, 6) is -1.58. The number of hydrogen-bond acceptors (Lipinski definition) is 5. The molecule has 0 saturated carbocycles. The maximum absolute atomic E-state index is 12.8. The number of carbonyl (C=O) groups excluding carboxylic acids is 1. The molecule has 7 heteroatoms. The van der Waals surface area contributed by atoms with Crippen LogP contribution in [-0.2, 0) is 18.4 Å². The molecule has 0 aliphatic heterocycles. The molecule has 1 aromatic carbocycles. The van der Waals surface area contributed by atoms with E-state index in [2.05, 4.69) is 5.32 Å². The summed E-state index contributed by atoms with van der Waals surface area (Å²) in [6.07, 6.45) is -1.20. The molecular weight excluding hydrogens is 293 g/mol. The van der Waals surface area contributed by atoms with Crippen molar-refractivity contribution in [1.82, 2.24) is 5.32 Å². The zero-order valence-electron chi connectivity index (χ0n) is 12.5. The van der Waals surface area contributed by atoms with Gasteiger partial charge in [0, 0.05) is 6.92 Å². The summed E-state index contributed by atoms with van der Waals surface area (Å²) in [6, 6.07) is 8.66. The third-order valence-electron chi connectivity index (χ3n) is 2.75. The molecule has 2 N–H and O–H groups in total. The van der Waals surface area contributed by atoms with Gasteiger partial charge >= 0.3 is 7.60 Å². The second-order valence-electron chi connectivity index (χ2n) is 4.38. The molecule has 0 bridgehead atoms. The van der Waals surface area contributed by atoms with Crippen molar-refractivity contribution in [1.29, 1.82) is 0 Å². The number of aliphatic hydroxyl groups excluding tert-OH is 1. The van der Waals surface area contributed by atoms with Crippen LogP contribution in [0, 0.1) is 0 Å². The number of hydrogen-bond donors (Lipinski definition) is 2. The van der Waals surface area contributed by atoms with Crippen molar-refractivity contribution in [2.45, 2.75) is 32.7 Å². The highest BCUT2D eigenvalue weighted by molar-refractivity contribution is 7.54. The third-order valence-corrected chi connectivity index (χ3v) is 5.08. The van der Waals surface area contributed by atoms with Crippen molar-refractivity contribution in [2.24, 2.45) is 0 Å². The summed E-state index contributed by atoms with van der Waals surface area (Å²) in [5, 5.41) is 13.0. The van der Waals surface area contributed by atoms with Gasteiger partial charge in [-0.3, -0.25) is 9.36 Å². The van der Waals surface area contributed by atoms with Crippen LogP contribution in [0.1, 0.15) is 32.4 Å². The van der Waals surface area contributed by atoms with E-state index in [4.69, 9.17) is 9.05 Å². The Bertz CT molecular complexity index is 483. The van der Waals surface area contributed by atoms with Crippen LogP contribution in [0.15, 0.2) is 30.3 Å². The van der Waals surface area contributed by atoms with E-state index in [-0.39, 0.29) is 13.2 Å². The van der Waals surface area contributed by atoms with Crippen LogP contribution in [0.5, 0.6) is 0 Å². The molecule has 0 unspecified atom stereocenters. The predicted molar refractivity (Wildman–Crippen MR) is 79.9 cm³/mol. The lowest BCUT2D eigenvalue weighted by Gasteiger charge is -2.30. The highest BCUT2D eigenvalue weighted by atomic mass is 31.2. The number of benzene rings is 1. The second-order valence-corrected chi connectivity index (χ2v) is 6.53. The van der Waals surface area contributed by atoms with Crippen molar-refractivity contribution < 1.29 is 23.5 Å². The smallest absolute Gasteiger partial charge is 0.355 e. The maximum Gasteiger partial charge on any atom is 0.355 e. The summed E-state index contributed by atoms with van der Waals surface area (Å²) >= 11 is 0. The van der Waals surface area contributed by atoms with E-state index >= 15 is 0 Å². The Morgan fingerprint density at radius 3 is 2.19 bits per heavy atom. The molecule has 0 aromatic heterocycles.